The number of hydrogen-bond donors (Lipinski definition) is 1. The fraction of sp³-hybridized carbons (Fsp3) is 0.355. The third-order valence-corrected chi connectivity index (χ3v) is 8.71. The van der Waals surface area contributed by atoms with Gasteiger partial charge in [-0.25, -0.2) is 8.42 Å². The molecule has 1 N–H and O–H groups in total. The first-order chi connectivity index (χ1) is 20.3. The van der Waals surface area contributed by atoms with E-state index in [1.54, 1.807) is 19.1 Å². The number of nitrogens with zero attached hydrogens (tertiary/aromatic N) is 3. The molecule has 0 aromatic heterocycles. The number of amides is 2. The Hall–Kier alpha value is -4.45. The number of benzene rings is 3. The van der Waals surface area contributed by atoms with E-state index < -0.39 is 33.4 Å². The molecule has 230 valence electrons. The van der Waals surface area contributed by atoms with E-state index in [9.17, 15) is 28.1 Å². The van der Waals surface area contributed by atoms with Crippen LogP contribution in [0.1, 0.15) is 31.9 Å². The average molecular weight is 611 g/mol. The highest BCUT2D eigenvalue weighted by Crippen LogP contribution is 2.29. The average Bonchev–Trinajstić information content (AvgIpc) is 2.99. The third-order valence-electron chi connectivity index (χ3n) is 6.94. The van der Waals surface area contributed by atoms with Crippen LogP contribution < -0.4 is 14.4 Å². The van der Waals surface area contributed by atoms with Crippen molar-refractivity contribution in [1.29, 1.82) is 0 Å². The SMILES string of the molecule is COc1ccc(N(CC(=O)N(CCc2ccccc2)C(C)C(=O)NCC(C)C)S(=O)(=O)c2ccc(C)c([N+](=O)[O-])c2)cc1. The fourth-order valence-corrected chi connectivity index (χ4v) is 5.81. The summed E-state index contributed by atoms with van der Waals surface area (Å²) in [6.07, 6.45) is 0.438. The van der Waals surface area contributed by atoms with Crippen molar-refractivity contribution in [3.05, 3.63) is 94.0 Å². The summed E-state index contributed by atoms with van der Waals surface area (Å²) in [5.74, 6) is -0.301. The van der Waals surface area contributed by atoms with Crippen molar-refractivity contribution in [3.8, 4) is 5.75 Å². The highest BCUT2D eigenvalue weighted by molar-refractivity contribution is 7.92. The molecule has 3 rings (SSSR count). The van der Waals surface area contributed by atoms with Crippen LogP contribution in [0, 0.1) is 23.0 Å². The van der Waals surface area contributed by atoms with E-state index in [1.807, 2.05) is 44.2 Å². The topological polar surface area (TPSA) is 139 Å². The van der Waals surface area contributed by atoms with Gasteiger partial charge in [0, 0.05) is 24.7 Å². The predicted molar refractivity (Wildman–Crippen MR) is 165 cm³/mol. The quantitative estimate of drug-likeness (QED) is 0.212. The Morgan fingerprint density at radius 1 is 1.00 bits per heavy atom. The number of nitro benzene ring substituents is 1. The van der Waals surface area contributed by atoms with Gasteiger partial charge in [-0.1, -0.05) is 50.2 Å². The zero-order valence-electron chi connectivity index (χ0n) is 25.0. The number of sulfonamides is 1. The zero-order chi connectivity index (χ0) is 31.7. The summed E-state index contributed by atoms with van der Waals surface area (Å²) in [6.45, 7) is 6.96. The van der Waals surface area contributed by atoms with Gasteiger partial charge < -0.3 is 15.0 Å². The van der Waals surface area contributed by atoms with E-state index in [2.05, 4.69) is 5.32 Å². The van der Waals surface area contributed by atoms with Crippen molar-refractivity contribution in [2.24, 2.45) is 5.92 Å². The van der Waals surface area contributed by atoms with E-state index in [1.165, 1.54) is 43.2 Å². The Balaban J connectivity index is 2.03. The fourth-order valence-electron chi connectivity index (χ4n) is 4.37. The molecule has 43 heavy (non-hydrogen) atoms. The van der Waals surface area contributed by atoms with Crippen LogP contribution in [0.4, 0.5) is 11.4 Å². The number of anilines is 1. The van der Waals surface area contributed by atoms with Gasteiger partial charge in [0.05, 0.1) is 22.6 Å². The van der Waals surface area contributed by atoms with Gasteiger partial charge in [0.2, 0.25) is 11.8 Å². The second-order valence-electron chi connectivity index (χ2n) is 10.6. The van der Waals surface area contributed by atoms with Gasteiger partial charge >= 0.3 is 0 Å². The van der Waals surface area contributed by atoms with Gasteiger partial charge in [-0.05, 0) is 62.1 Å². The number of rotatable bonds is 14. The lowest BCUT2D eigenvalue weighted by molar-refractivity contribution is -0.385. The van der Waals surface area contributed by atoms with Gasteiger partial charge in [0.1, 0.15) is 18.3 Å². The van der Waals surface area contributed by atoms with Crippen LogP contribution in [-0.4, -0.2) is 62.8 Å². The summed E-state index contributed by atoms with van der Waals surface area (Å²) in [7, 11) is -3.00. The van der Waals surface area contributed by atoms with E-state index in [-0.39, 0.29) is 34.6 Å². The Labute approximate surface area is 252 Å². The van der Waals surface area contributed by atoms with E-state index >= 15 is 0 Å². The monoisotopic (exact) mass is 610 g/mol. The van der Waals surface area contributed by atoms with Gasteiger partial charge in [-0.3, -0.25) is 24.0 Å². The minimum atomic E-state index is -4.47. The number of ether oxygens (including phenoxy) is 1. The van der Waals surface area contributed by atoms with Gasteiger partial charge in [0.15, 0.2) is 0 Å². The van der Waals surface area contributed by atoms with Gasteiger partial charge in [0.25, 0.3) is 15.7 Å². The van der Waals surface area contributed by atoms with Crippen molar-refractivity contribution in [2.45, 2.75) is 45.1 Å². The predicted octanol–water partition coefficient (Wildman–Crippen LogP) is 4.34. The van der Waals surface area contributed by atoms with Crippen LogP contribution in [0.25, 0.3) is 0 Å². The lowest BCUT2D eigenvalue weighted by atomic mass is 10.1. The van der Waals surface area contributed by atoms with Crippen molar-refractivity contribution in [3.63, 3.8) is 0 Å². The summed E-state index contributed by atoms with van der Waals surface area (Å²) < 4.78 is 34.1. The number of carbonyl (C=O) groups excluding carboxylic acids is 2. The molecule has 1 atom stereocenters. The second kappa shape index (κ2) is 14.6. The van der Waals surface area contributed by atoms with Crippen LogP contribution in [0.2, 0.25) is 0 Å². The minimum Gasteiger partial charge on any atom is -0.497 e. The molecular weight excluding hydrogens is 572 g/mol. The number of nitrogens with one attached hydrogen (secondary N) is 1. The molecule has 1 unspecified atom stereocenters. The Morgan fingerprint density at radius 2 is 1.65 bits per heavy atom. The zero-order valence-corrected chi connectivity index (χ0v) is 25.8. The van der Waals surface area contributed by atoms with Crippen molar-refractivity contribution in [1.82, 2.24) is 10.2 Å². The molecule has 0 bridgehead atoms. The first-order valence-electron chi connectivity index (χ1n) is 13.9. The van der Waals surface area contributed by atoms with Crippen LogP contribution >= 0.6 is 0 Å². The maximum Gasteiger partial charge on any atom is 0.273 e. The molecule has 0 aliphatic heterocycles. The molecule has 0 fully saturated rings. The van der Waals surface area contributed by atoms with Crippen molar-refractivity contribution >= 4 is 33.2 Å². The summed E-state index contributed by atoms with van der Waals surface area (Å²) in [5.41, 5.74) is 1.03. The molecule has 12 heteroatoms. The number of carbonyl (C=O) groups is 2. The van der Waals surface area contributed by atoms with E-state index in [4.69, 9.17) is 4.74 Å². The molecule has 0 radical (unpaired) electrons. The van der Waals surface area contributed by atoms with Crippen LogP contribution in [0.15, 0.2) is 77.7 Å². The molecule has 0 saturated heterocycles. The first-order valence-corrected chi connectivity index (χ1v) is 15.3. The minimum absolute atomic E-state index is 0.150. The summed E-state index contributed by atoms with van der Waals surface area (Å²) in [5, 5.41) is 14.4. The van der Waals surface area contributed by atoms with Crippen LogP contribution in [0.3, 0.4) is 0 Å². The first kappa shape index (κ1) is 33.1. The maximum absolute atomic E-state index is 14.0. The molecule has 0 spiro atoms. The van der Waals surface area contributed by atoms with Crippen molar-refractivity contribution < 1.29 is 27.7 Å². The van der Waals surface area contributed by atoms with E-state index in [0.29, 0.717) is 24.3 Å². The standard InChI is InChI=1S/C31H38N4O7S/c1-22(2)20-32-31(37)24(4)33(18-17-25-9-7-6-8-10-25)30(36)21-34(26-12-14-27(42-5)15-13-26)43(40,41)28-16-11-23(3)29(19-28)35(38)39/h6-16,19,22,24H,17-18,20-21H2,1-5H3,(H,32,37). The number of hydrogen-bond acceptors (Lipinski definition) is 7. The lowest BCUT2D eigenvalue weighted by Crippen LogP contribution is -2.52. The Bertz CT molecular complexity index is 1530. The molecule has 0 saturated carbocycles. The molecule has 0 aliphatic rings. The number of aryl methyl sites for hydroxylation is 1. The second-order valence-corrected chi connectivity index (χ2v) is 12.4. The molecule has 11 nitrogen and oxygen atoms in total. The molecule has 0 aliphatic carbocycles. The molecule has 3 aromatic rings. The van der Waals surface area contributed by atoms with Gasteiger partial charge in [-0.2, -0.15) is 0 Å². The largest absolute Gasteiger partial charge is 0.497 e. The summed E-state index contributed by atoms with van der Waals surface area (Å²) >= 11 is 0. The van der Waals surface area contributed by atoms with Gasteiger partial charge in [-0.15, -0.1) is 0 Å². The highest BCUT2D eigenvalue weighted by Gasteiger charge is 2.33. The number of methoxy groups -OCH3 is 1. The maximum atomic E-state index is 14.0. The Morgan fingerprint density at radius 3 is 2.23 bits per heavy atom. The highest BCUT2D eigenvalue weighted by atomic mass is 32.2. The lowest BCUT2D eigenvalue weighted by Gasteiger charge is -2.32. The van der Waals surface area contributed by atoms with Crippen LogP contribution in [-0.2, 0) is 26.0 Å². The summed E-state index contributed by atoms with van der Waals surface area (Å²) in [4.78, 5) is 39.0. The van der Waals surface area contributed by atoms with Crippen LogP contribution in [0.5, 0.6) is 5.75 Å². The van der Waals surface area contributed by atoms with Crippen molar-refractivity contribution in [2.75, 3.05) is 31.0 Å². The third kappa shape index (κ3) is 8.54. The molecule has 0 heterocycles. The molecule has 2 amide bonds. The number of nitro groups is 1. The molecular formula is C31H38N4O7S. The Kier molecular flexibility index (Phi) is 11.2. The van der Waals surface area contributed by atoms with E-state index in [0.717, 1.165) is 15.9 Å². The molecule has 3 aromatic carbocycles. The smallest absolute Gasteiger partial charge is 0.273 e. The summed E-state index contributed by atoms with van der Waals surface area (Å²) in [6, 6.07) is 18.2. The normalized spacial score (nSPS) is 12.0.